The van der Waals surface area contributed by atoms with Crippen LogP contribution in [-0.2, 0) is 13.0 Å². The minimum Gasteiger partial charge on any atom is -0.478 e. The quantitative estimate of drug-likeness (QED) is 0.926. The van der Waals surface area contributed by atoms with Gasteiger partial charge >= 0.3 is 5.97 Å². The predicted molar refractivity (Wildman–Crippen MR) is 75.6 cm³/mol. The number of furan rings is 1. The van der Waals surface area contributed by atoms with E-state index in [4.69, 9.17) is 21.1 Å². The molecule has 108 valence electrons. The fourth-order valence-electron chi connectivity index (χ4n) is 2.45. The van der Waals surface area contributed by atoms with Gasteiger partial charge in [0.25, 0.3) is 5.91 Å². The SMILES string of the molecule is O=C(O)c1ccc2c(c1)CN(C(=O)c1ccc(Cl)o1)CC2. The molecule has 1 aromatic heterocycles. The van der Waals surface area contributed by atoms with Crippen LogP contribution in [0.15, 0.2) is 34.7 Å². The second kappa shape index (κ2) is 5.26. The van der Waals surface area contributed by atoms with Crippen LogP contribution in [0.1, 0.15) is 32.0 Å². The first kappa shape index (κ1) is 13.7. The molecule has 0 atom stereocenters. The Kier molecular flexibility index (Phi) is 3.43. The Morgan fingerprint density at radius 1 is 1.19 bits per heavy atom. The Bertz CT molecular complexity index is 722. The normalized spacial score (nSPS) is 13.9. The van der Waals surface area contributed by atoms with Crippen molar-refractivity contribution < 1.29 is 19.1 Å². The third-order valence-corrected chi connectivity index (χ3v) is 3.74. The summed E-state index contributed by atoms with van der Waals surface area (Å²) in [4.78, 5) is 24.9. The van der Waals surface area contributed by atoms with Gasteiger partial charge < -0.3 is 14.4 Å². The van der Waals surface area contributed by atoms with Crippen molar-refractivity contribution >= 4 is 23.5 Å². The highest BCUT2D eigenvalue weighted by atomic mass is 35.5. The summed E-state index contributed by atoms with van der Waals surface area (Å²) in [5.74, 6) is -1.02. The number of rotatable bonds is 2. The Morgan fingerprint density at radius 3 is 2.67 bits per heavy atom. The summed E-state index contributed by atoms with van der Waals surface area (Å²) in [6.45, 7) is 0.935. The lowest BCUT2D eigenvalue weighted by molar-refractivity contribution is 0.0696. The minimum atomic E-state index is -0.973. The fourth-order valence-corrected chi connectivity index (χ4v) is 2.59. The van der Waals surface area contributed by atoms with E-state index >= 15 is 0 Å². The molecule has 0 saturated heterocycles. The summed E-state index contributed by atoms with van der Waals surface area (Å²) in [6.07, 6.45) is 0.690. The second-order valence-electron chi connectivity index (χ2n) is 4.87. The van der Waals surface area contributed by atoms with Crippen LogP contribution in [0.25, 0.3) is 0 Å². The summed E-state index contributed by atoms with van der Waals surface area (Å²) < 4.78 is 5.13. The lowest BCUT2D eigenvalue weighted by atomic mass is 9.97. The van der Waals surface area contributed by atoms with Crippen LogP contribution in [0.2, 0.25) is 5.22 Å². The van der Waals surface area contributed by atoms with Crippen LogP contribution in [0.3, 0.4) is 0 Å². The molecule has 0 saturated carbocycles. The number of hydrogen-bond acceptors (Lipinski definition) is 3. The largest absolute Gasteiger partial charge is 0.478 e. The number of fused-ring (bicyclic) bond motifs is 1. The number of carboxylic acid groups (broad SMARTS) is 1. The first-order valence-corrected chi connectivity index (χ1v) is 6.82. The maximum Gasteiger partial charge on any atom is 0.335 e. The number of halogens is 1. The molecule has 0 radical (unpaired) electrons. The van der Waals surface area contributed by atoms with E-state index in [0.29, 0.717) is 19.5 Å². The molecule has 3 rings (SSSR count). The minimum absolute atomic E-state index is 0.170. The molecule has 1 aromatic carbocycles. The van der Waals surface area contributed by atoms with Crippen molar-refractivity contribution in [3.8, 4) is 0 Å². The van der Waals surface area contributed by atoms with Crippen molar-refractivity contribution in [1.82, 2.24) is 4.90 Å². The fraction of sp³-hybridized carbons (Fsp3) is 0.200. The maximum atomic E-state index is 12.3. The summed E-state index contributed by atoms with van der Waals surface area (Å²) in [5, 5.41) is 9.20. The van der Waals surface area contributed by atoms with E-state index in [0.717, 1.165) is 11.1 Å². The molecule has 0 fully saturated rings. The summed E-state index contributed by atoms with van der Waals surface area (Å²) in [5.41, 5.74) is 2.15. The van der Waals surface area contributed by atoms with Gasteiger partial charge in [-0.15, -0.1) is 0 Å². The highest BCUT2D eigenvalue weighted by Crippen LogP contribution is 2.23. The average molecular weight is 306 g/mol. The van der Waals surface area contributed by atoms with Crippen LogP contribution >= 0.6 is 11.6 Å². The van der Waals surface area contributed by atoms with Crippen molar-refractivity contribution in [3.05, 3.63) is 58.0 Å². The van der Waals surface area contributed by atoms with Gasteiger partial charge in [0.15, 0.2) is 11.0 Å². The Morgan fingerprint density at radius 2 is 2.00 bits per heavy atom. The van der Waals surface area contributed by atoms with E-state index in [-0.39, 0.29) is 22.5 Å². The number of hydrogen-bond donors (Lipinski definition) is 1. The molecule has 2 heterocycles. The van der Waals surface area contributed by atoms with E-state index in [1.165, 1.54) is 12.1 Å². The lowest BCUT2D eigenvalue weighted by Crippen LogP contribution is -2.35. The first-order valence-electron chi connectivity index (χ1n) is 6.44. The van der Waals surface area contributed by atoms with E-state index in [1.54, 1.807) is 17.0 Å². The van der Waals surface area contributed by atoms with Gasteiger partial charge in [0.2, 0.25) is 0 Å². The zero-order valence-corrected chi connectivity index (χ0v) is 11.8. The third kappa shape index (κ3) is 2.64. The van der Waals surface area contributed by atoms with Gasteiger partial charge in [-0.05, 0) is 53.4 Å². The lowest BCUT2D eigenvalue weighted by Gasteiger charge is -2.28. The highest BCUT2D eigenvalue weighted by Gasteiger charge is 2.24. The summed E-state index contributed by atoms with van der Waals surface area (Å²) in [6, 6.07) is 8.07. The zero-order chi connectivity index (χ0) is 15.0. The van der Waals surface area contributed by atoms with Crippen LogP contribution in [0.5, 0.6) is 0 Å². The third-order valence-electron chi connectivity index (χ3n) is 3.54. The van der Waals surface area contributed by atoms with Crippen molar-refractivity contribution in [2.24, 2.45) is 0 Å². The van der Waals surface area contributed by atoms with Gasteiger partial charge in [0.1, 0.15) is 0 Å². The Balaban J connectivity index is 1.84. The molecule has 21 heavy (non-hydrogen) atoms. The zero-order valence-electron chi connectivity index (χ0n) is 11.0. The van der Waals surface area contributed by atoms with E-state index in [1.807, 2.05) is 6.07 Å². The molecule has 0 aliphatic carbocycles. The molecule has 1 aliphatic rings. The number of amides is 1. The van der Waals surface area contributed by atoms with Crippen molar-refractivity contribution in [3.63, 3.8) is 0 Å². The standard InChI is InChI=1S/C15H12ClNO4/c16-13-4-3-12(21-13)14(18)17-6-5-9-1-2-10(15(19)20)7-11(9)8-17/h1-4,7H,5-6,8H2,(H,19,20). The van der Waals surface area contributed by atoms with Crippen molar-refractivity contribution in [1.29, 1.82) is 0 Å². The van der Waals surface area contributed by atoms with Crippen LogP contribution in [0.4, 0.5) is 0 Å². The van der Waals surface area contributed by atoms with Crippen molar-refractivity contribution in [2.45, 2.75) is 13.0 Å². The number of nitrogens with zero attached hydrogens (tertiary/aromatic N) is 1. The molecule has 1 aliphatic heterocycles. The number of carbonyl (C=O) groups is 2. The molecule has 0 bridgehead atoms. The van der Waals surface area contributed by atoms with Crippen LogP contribution in [0, 0.1) is 0 Å². The van der Waals surface area contributed by atoms with Crippen LogP contribution < -0.4 is 0 Å². The maximum absolute atomic E-state index is 12.3. The Labute approximate surface area is 125 Å². The first-order chi connectivity index (χ1) is 10.0. The molecular weight excluding hydrogens is 294 g/mol. The number of benzene rings is 1. The van der Waals surface area contributed by atoms with E-state index in [2.05, 4.69) is 0 Å². The summed E-state index contributed by atoms with van der Waals surface area (Å²) >= 11 is 5.68. The topological polar surface area (TPSA) is 70.8 Å². The summed E-state index contributed by atoms with van der Waals surface area (Å²) in [7, 11) is 0. The van der Waals surface area contributed by atoms with Gasteiger partial charge in [0, 0.05) is 13.1 Å². The second-order valence-corrected chi connectivity index (χ2v) is 5.24. The number of aromatic carboxylic acids is 1. The molecule has 1 N–H and O–H groups in total. The predicted octanol–water partition coefficient (Wildman–Crippen LogP) is 2.83. The molecule has 0 unspecified atom stereocenters. The molecule has 2 aromatic rings. The molecule has 1 amide bonds. The number of carboxylic acids is 1. The highest BCUT2D eigenvalue weighted by molar-refractivity contribution is 6.29. The van der Waals surface area contributed by atoms with E-state index in [9.17, 15) is 9.59 Å². The van der Waals surface area contributed by atoms with Crippen LogP contribution in [-0.4, -0.2) is 28.4 Å². The monoisotopic (exact) mass is 305 g/mol. The van der Waals surface area contributed by atoms with Gasteiger partial charge in [-0.2, -0.15) is 0 Å². The molecule has 0 spiro atoms. The van der Waals surface area contributed by atoms with Gasteiger partial charge in [-0.1, -0.05) is 6.07 Å². The smallest absolute Gasteiger partial charge is 0.335 e. The van der Waals surface area contributed by atoms with Gasteiger partial charge in [0.05, 0.1) is 5.56 Å². The van der Waals surface area contributed by atoms with Gasteiger partial charge in [-0.3, -0.25) is 4.79 Å². The Hall–Kier alpha value is -2.27. The number of carbonyl (C=O) groups excluding carboxylic acids is 1. The molecular formula is C15H12ClNO4. The average Bonchev–Trinajstić information content (AvgIpc) is 2.91. The molecule has 5 nitrogen and oxygen atoms in total. The van der Waals surface area contributed by atoms with E-state index < -0.39 is 5.97 Å². The van der Waals surface area contributed by atoms with Gasteiger partial charge in [-0.25, -0.2) is 4.79 Å². The molecule has 6 heteroatoms. The van der Waals surface area contributed by atoms with Crippen molar-refractivity contribution in [2.75, 3.05) is 6.54 Å².